The maximum absolute atomic E-state index is 11.0. The summed E-state index contributed by atoms with van der Waals surface area (Å²) >= 11 is 3.80. The Balaban J connectivity index is 1.76. The van der Waals surface area contributed by atoms with E-state index in [9.17, 15) is 15.3 Å². The first-order valence-electron chi connectivity index (χ1n) is 9.12. The fraction of sp³-hybridized carbons (Fsp3) is 0.895. The largest absolute Gasteiger partial charge is 0.389 e. The van der Waals surface area contributed by atoms with Crippen LogP contribution in [0.1, 0.15) is 52.4 Å². The molecule has 23 heavy (non-hydrogen) atoms. The van der Waals surface area contributed by atoms with Gasteiger partial charge in [0.1, 0.15) is 0 Å². The van der Waals surface area contributed by atoms with Crippen molar-refractivity contribution in [1.29, 1.82) is 0 Å². The van der Waals surface area contributed by atoms with Gasteiger partial charge in [0.05, 0.1) is 6.10 Å². The van der Waals surface area contributed by atoms with Crippen LogP contribution in [0.3, 0.4) is 0 Å². The van der Waals surface area contributed by atoms with Gasteiger partial charge in [-0.2, -0.15) is 0 Å². The molecule has 8 atom stereocenters. The van der Waals surface area contributed by atoms with Crippen LogP contribution < -0.4 is 0 Å². The molecule has 0 aromatic heterocycles. The maximum atomic E-state index is 11.0. The molecule has 0 aromatic rings. The molecular formula is C19H29BrO3. The van der Waals surface area contributed by atoms with Gasteiger partial charge in [-0.1, -0.05) is 41.9 Å². The van der Waals surface area contributed by atoms with Gasteiger partial charge in [-0.15, -0.1) is 0 Å². The van der Waals surface area contributed by atoms with Crippen molar-refractivity contribution in [2.24, 2.45) is 34.5 Å². The third kappa shape index (κ3) is 2.32. The van der Waals surface area contributed by atoms with E-state index < -0.39 is 11.9 Å². The predicted molar refractivity (Wildman–Crippen MR) is 92.9 cm³/mol. The SMILES string of the molecule is C[C@]12CC[C@@H]3[C@H]([C@@H]1CC(Br)C2)C(O)(O)CC1CC(O)C=C[C@@]13C. The highest BCUT2D eigenvalue weighted by Gasteiger charge is 2.65. The molecule has 3 N–H and O–H groups in total. The van der Waals surface area contributed by atoms with Gasteiger partial charge < -0.3 is 15.3 Å². The quantitative estimate of drug-likeness (QED) is 0.341. The highest BCUT2D eigenvalue weighted by molar-refractivity contribution is 9.09. The van der Waals surface area contributed by atoms with Crippen LogP contribution in [0.25, 0.3) is 0 Å². The van der Waals surface area contributed by atoms with E-state index in [0.717, 1.165) is 19.3 Å². The lowest BCUT2D eigenvalue weighted by Crippen LogP contribution is -2.62. The summed E-state index contributed by atoms with van der Waals surface area (Å²) in [5, 5.41) is 32.0. The van der Waals surface area contributed by atoms with Crippen LogP contribution in [-0.4, -0.2) is 32.0 Å². The summed E-state index contributed by atoms with van der Waals surface area (Å²) in [6.45, 7) is 4.64. The molecule has 3 nitrogen and oxygen atoms in total. The van der Waals surface area contributed by atoms with Crippen molar-refractivity contribution in [3.63, 3.8) is 0 Å². The number of alkyl halides is 1. The smallest absolute Gasteiger partial charge is 0.166 e. The van der Waals surface area contributed by atoms with Gasteiger partial charge in [-0.05, 0) is 60.7 Å². The van der Waals surface area contributed by atoms with Crippen LogP contribution in [0.4, 0.5) is 0 Å². The molecule has 4 heteroatoms. The molecule has 4 rings (SSSR count). The van der Waals surface area contributed by atoms with Crippen molar-refractivity contribution in [3.05, 3.63) is 12.2 Å². The minimum atomic E-state index is -1.59. The standard InChI is InChI=1S/C19H29BrO3/c1-17-5-4-14-16(15(17)8-12(20)10-17)19(22,23)9-11-7-13(21)3-6-18(11,14)2/h3,6,11-16,21-23H,4-5,7-10H2,1-2H3/t11?,12?,13?,14-,15+,16-,17-,18+/m1/s1. The van der Waals surface area contributed by atoms with Crippen LogP contribution in [0.5, 0.6) is 0 Å². The van der Waals surface area contributed by atoms with Gasteiger partial charge in [0, 0.05) is 17.2 Å². The topological polar surface area (TPSA) is 60.7 Å². The fourth-order valence-corrected chi connectivity index (χ4v) is 7.90. The van der Waals surface area contributed by atoms with E-state index >= 15 is 0 Å². The van der Waals surface area contributed by atoms with Gasteiger partial charge in [-0.3, -0.25) is 0 Å². The average molecular weight is 385 g/mol. The number of halogens is 1. The minimum Gasteiger partial charge on any atom is -0.389 e. The van der Waals surface area contributed by atoms with E-state index in [4.69, 9.17) is 0 Å². The molecule has 0 saturated heterocycles. The Bertz CT molecular complexity index is 533. The molecule has 3 saturated carbocycles. The molecule has 0 amide bonds. The molecule has 0 aromatic carbocycles. The first kappa shape index (κ1) is 16.6. The van der Waals surface area contributed by atoms with Crippen molar-refractivity contribution < 1.29 is 15.3 Å². The molecule has 130 valence electrons. The van der Waals surface area contributed by atoms with Crippen molar-refractivity contribution in [1.82, 2.24) is 0 Å². The number of rotatable bonds is 0. The molecule has 0 bridgehead atoms. The highest BCUT2D eigenvalue weighted by Crippen LogP contribution is 2.67. The van der Waals surface area contributed by atoms with Gasteiger partial charge >= 0.3 is 0 Å². The van der Waals surface area contributed by atoms with Gasteiger partial charge in [-0.25, -0.2) is 0 Å². The third-order valence-corrected chi connectivity index (χ3v) is 8.65. The second kappa shape index (κ2) is 5.06. The Labute approximate surface area is 147 Å². The van der Waals surface area contributed by atoms with E-state index in [1.54, 1.807) is 0 Å². The summed E-state index contributed by atoms with van der Waals surface area (Å²) in [6.07, 6.45) is 9.18. The van der Waals surface area contributed by atoms with Crippen molar-refractivity contribution in [3.8, 4) is 0 Å². The molecule has 0 radical (unpaired) electrons. The average Bonchev–Trinajstić information content (AvgIpc) is 2.74. The summed E-state index contributed by atoms with van der Waals surface area (Å²) in [5.74, 6) is -0.813. The lowest BCUT2D eigenvalue weighted by molar-refractivity contribution is -0.292. The Morgan fingerprint density at radius 3 is 2.57 bits per heavy atom. The van der Waals surface area contributed by atoms with Crippen LogP contribution in [0, 0.1) is 34.5 Å². The number of allylic oxidation sites excluding steroid dienone is 1. The number of fused-ring (bicyclic) bond motifs is 5. The van der Waals surface area contributed by atoms with Crippen LogP contribution in [0.2, 0.25) is 0 Å². The van der Waals surface area contributed by atoms with E-state index in [2.05, 4.69) is 35.9 Å². The summed E-state index contributed by atoms with van der Waals surface area (Å²) < 4.78 is 0. The monoisotopic (exact) mass is 384 g/mol. The zero-order valence-electron chi connectivity index (χ0n) is 14.1. The third-order valence-electron chi connectivity index (χ3n) is 7.95. The Kier molecular flexibility index (Phi) is 3.64. The summed E-state index contributed by atoms with van der Waals surface area (Å²) in [6, 6.07) is 0. The van der Waals surface area contributed by atoms with Crippen LogP contribution in [0.15, 0.2) is 12.2 Å². The molecule has 3 fully saturated rings. The minimum absolute atomic E-state index is 0.00934. The summed E-state index contributed by atoms with van der Waals surface area (Å²) in [7, 11) is 0. The zero-order valence-corrected chi connectivity index (χ0v) is 15.7. The molecule has 0 heterocycles. The first-order valence-corrected chi connectivity index (χ1v) is 10.0. The van der Waals surface area contributed by atoms with Crippen molar-refractivity contribution in [2.45, 2.75) is 69.1 Å². The number of aliphatic hydroxyl groups is 3. The number of hydrogen-bond donors (Lipinski definition) is 3. The molecule has 4 aliphatic carbocycles. The van der Waals surface area contributed by atoms with E-state index in [1.165, 1.54) is 6.42 Å². The first-order chi connectivity index (χ1) is 10.7. The van der Waals surface area contributed by atoms with Crippen LogP contribution >= 0.6 is 15.9 Å². The molecular weight excluding hydrogens is 356 g/mol. The van der Waals surface area contributed by atoms with Gasteiger partial charge in [0.25, 0.3) is 0 Å². The number of hydrogen-bond acceptors (Lipinski definition) is 3. The lowest BCUT2D eigenvalue weighted by Gasteiger charge is -2.62. The maximum Gasteiger partial charge on any atom is 0.166 e. The van der Waals surface area contributed by atoms with Crippen molar-refractivity contribution in [2.75, 3.05) is 0 Å². The van der Waals surface area contributed by atoms with Gasteiger partial charge in [0.2, 0.25) is 0 Å². The lowest BCUT2D eigenvalue weighted by atomic mass is 9.45. The van der Waals surface area contributed by atoms with E-state index in [1.807, 2.05) is 6.08 Å². The fourth-order valence-electron chi connectivity index (χ4n) is 6.76. The second-order valence-electron chi connectivity index (χ2n) is 9.28. The van der Waals surface area contributed by atoms with E-state index in [-0.39, 0.29) is 22.7 Å². The Hall–Kier alpha value is 0.100. The molecule has 0 aliphatic heterocycles. The predicted octanol–water partition coefficient (Wildman–Crippen LogP) is 3.22. The second-order valence-corrected chi connectivity index (χ2v) is 10.6. The molecule has 3 unspecified atom stereocenters. The summed E-state index contributed by atoms with van der Waals surface area (Å²) in [4.78, 5) is 0.501. The van der Waals surface area contributed by atoms with Gasteiger partial charge in [0.15, 0.2) is 5.79 Å². The Morgan fingerprint density at radius 2 is 1.83 bits per heavy atom. The molecule has 0 spiro atoms. The van der Waals surface area contributed by atoms with Crippen LogP contribution in [-0.2, 0) is 0 Å². The zero-order chi connectivity index (χ0) is 16.6. The van der Waals surface area contributed by atoms with E-state index in [0.29, 0.717) is 29.5 Å². The number of aliphatic hydroxyl groups excluding tert-OH is 1. The van der Waals surface area contributed by atoms with Crippen molar-refractivity contribution >= 4 is 15.9 Å². The molecule has 4 aliphatic rings. The Morgan fingerprint density at radius 1 is 1.09 bits per heavy atom. The summed E-state index contributed by atoms with van der Waals surface area (Å²) in [5.41, 5.74) is 0.220. The highest BCUT2D eigenvalue weighted by atomic mass is 79.9. The normalized spacial score (nSPS) is 57.5.